The predicted molar refractivity (Wildman–Crippen MR) is 162 cm³/mol. The highest BCUT2D eigenvalue weighted by Crippen LogP contribution is 2.36. The number of nitrogens with zero attached hydrogens (tertiary/aromatic N) is 4. The second kappa shape index (κ2) is 11.6. The van der Waals surface area contributed by atoms with Crippen molar-refractivity contribution in [2.24, 2.45) is 10.7 Å². The van der Waals surface area contributed by atoms with Crippen LogP contribution in [0.15, 0.2) is 64.5 Å². The van der Waals surface area contributed by atoms with E-state index >= 15 is 0 Å². The van der Waals surface area contributed by atoms with Crippen LogP contribution in [0, 0.1) is 5.41 Å². The molecule has 0 atom stereocenters. The smallest absolute Gasteiger partial charge is 0.284 e. The van der Waals surface area contributed by atoms with Crippen LogP contribution in [0.4, 0.5) is 5.82 Å². The number of hydrogen-bond acceptors (Lipinski definition) is 5. The fourth-order valence-electron chi connectivity index (χ4n) is 6.13. The van der Waals surface area contributed by atoms with Crippen molar-refractivity contribution in [1.29, 1.82) is 5.41 Å². The Balaban J connectivity index is 1.28. The fraction of sp³-hybridized carbons (Fsp3) is 0.323. The topological polar surface area (TPSA) is 167 Å². The Morgan fingerprint density at radius 2 is 1.93 bits per heavy atom. The van der Waals surface area contributed by atoms with E-state index in [9.17, 15) is 14.7 Å². The number of fused-ring (bicyclic) bond motifs is 1. The first-order valence-corrected chi connectivity index (χ1v) is 14.4. The van der Waals surface area contributed by atoms with Gasteiger partial charge in [0.25, 0.3) is 11.5 Å². The SMILES string of the molecule is N=C(N=CN)c1[nH]c(C2CCC(O)CC2)cc1-c1ccc(NC(=O)c2c3n(n(-c4ccccc4)c2=O)CCCC3)nc1. The third-order valence-corrected chi connectivity index (χ3v) is 8.24. The lowest BCUT2D eigenvalue weighted by Gasteiger charge is -2.24. The van der Waals surface area contributed by atoms with Crippen molar-refractivity contribution in [2.75, 3.05) is 5.32 Å². The molecule has 0 bridgehead atoms. The van der Waals surface area contributed by atoms with Gasteiger partial charge >= 0.3 is 0 Å². The number of amides is 1. The Hall–Kier alpha value is -4.77. The van der Waals surface area contributed by atoms with Crippen molar-refractivity contribution in [3.05, 3.63) is 87.7 Å². The zero-order valence-corrected chi connectivity index (χ0v) is 23.2. The lowest BCUT2D eigenvalue weighted by molar-refractivity contribution is 0.102. The molecular formula is C31H34N8O3. The number of pyridine rings is 1. The van der Waals surface area contributed by atoms with E-state index in [0.717, 1.165) is 73.1 Å². The number of carbonyl (C=O) groups excluding carboxylic acids is 1. The zero-order chi connectivity index (χ0) is 29.2. The van der Waals surface area contributed by atoms with Gasteiger partial charge in [0, 0.05) is 29.6 Å². The molecule has 42 heavy (non-hydrogen) atoms. The summed E-state index contributed by atoms with van der Waals surface area (Å²) in [4.78, 5) is 38.8. The summed E-state index contributed by atoms with van der Waals surface area (Å²) in [5.41, 5.74) is 9.74. The number of aromatic amines is 1. The van der Waals surface area contributed by atoms with Crippen LogP contribution in [-0.4, -0.2) is 48.6 Å². The molecule has 11 nitrogen and oxygen atoms in total. The van der Waals surface area contributed by atoms with Gasteiger partial charge in [0.2, 0.25) is 0 Å². The van der Waals surface area contributed by atoms with Crippen LogP contribution in [0.3, 0.4) is 0 Å². The molecule has 1 saturated carbocycles. The second-order valence-electron chi connectivity index (χ2n) is 10.9. The molecule has 0 spiro atoms. The maximum atomic E-state index is 13.5. The Bertz CT molecular complexity index is 1690. The van der Waals surface area contributed by atoms with E-state index in [1.54, 1.807) is 16.9 Å². The van der Waals surface area contributed by atoms with Gasteiger partial charge in [0.15, 0.2) is 5.84 Å². The first kappa shape index (κ1) is 27.4. The van der Waals surface area contributed by atoms with Crippen molar-refractivity contribution in [2.45, 2.75) is 63.5 Å². The van der Waals surface area contributed by atoms with E-state index in [1.807, 2.05) is 47.1 Å². The van der Waals surface area contributed by atoms with Gasteiger partial charge in [-0.1, -0.05) is 18.2 Å². The molecule has 11 heteroatoms. The minimum absolute atomic E-state index is 0.000139. The molecule has 3 aromatic heterocycles. The summed E-state index contributed by atoms with van der Waals surface area (Å²) >= 11 is 0. The molecule has 0 unspecified atom stereocenters. The number of nitrogens with two attached hydrogens (primary N) is 1. The lowest BCUT2D eigenvalue weighted by Crippen LogP contribution is -2.26. The quantitative estimate of drug-likeness (QED) is 0.176. The molecule has 2 aliphatic rings. The average molecular weight is 567 g/mol. The van der Waals surface area contributed by atoms with E-state index < -0.39 is 5.91 Å². The van der Waals surface area contributed by atoms with E-state index in [4.69, 9.17) is 11.1 Å². The largest absolute Gasteiger partial charge is 0.393 e. The summed E-state index contributed by atoms with van der Waals surface area (Å²) in [6.45, 7) is 0.672. The molecule has 4 aromatic rings. The molecule has 0 radical (unpaired) electrons. The number of aliphatic imine (C=N–C) groups is 1. The molecule has 216 valence electrons. The minimum atomic E-state index is -0.483. The van der Waals surface area contributed by atoms with Crippen molar-refractivity contribution >= 4 is 23.9 Å². The summed E-state index contributed by atoms with van der Waals surface area (Å²) in [5.74, 6) is 0.0815. The van der Waals surface area contributed by atoms with Gasteiger partial charge in [0.05, 0.1) is 29.5 Å². The maximum absolute atomic E-state index is 13.5. The number of aliphatic hydroxyl groups is 1. The molecule has 1 aliphatic carbocycles. The van der Waals surface area contributed by atoms with Crippen molar-refractivity contribution < 1.29 is 9.90 Å². The van der Waals surface area contributed by atoms with E-state index in [-0.39, 0.29) is 29.0 Å². The molecule has 1 aromatic carbocycles. The summed E-state index contributed by atoms with van der Waals surface area (Å²) in [5, 5.41) is 21.2. The Morgan fingerprint density at radius 3 is 2.64 bits per heavy atom. The number of benzene rings is 1. The monoisotopic (exact) mass is 566 g/mol. The van der Waals surface area contributed by atoms with Crippen LogP contribution in [0.2, 0.25) is 0 Å². The van der Waals surface area contributed by atoms with Crippen molar-refractivity contribution in [3.8, 4) is 16.8 Å². The highest BCUT2D eigenvalue weighted by molar-refractivity contribution is 6.05. The molecule has 4 heterocycles. The number of amidine groups is 1. The Kier molecular flexibility index (Phi) is 7.58. The molecule has 1 aliphatic heterocycles. The van der Waals surface area contributed by atoms with Crippen LogP contribution >= 0.6 is 0 Å². The van der Waals surface area contributed by atoms with Crippen LogP contribution < -0.4 is 16.6 Å². The number of nitrogens with one attached hydrogen (secondary N) is 3. The number of aliphatic hydroxyl groups excluding tert-OH is 1. The molecule has 1 fully saturated rings. The van der Waals surface area contributed by atoms with Gasteiger partial charge in [0.1, 0.15) is 11.4 Å². The van der Waals surface area contributed by atoms with Gasteiger partial charge < -0.3 is 21.1 Å². The summed E-state index contributed by atoms with van der Waals surface area (Å²) in [6, 6.07) is 14.9. The Labute approximate surface area is 242 Å². The highest BCUT2D eigenvalue weighted by Gasteiger charge is 2.28. The highest BCUT2D eigenvalue weighted by atomic mass is 16.3. The summed E-state index contributed by atoms with van der Waals surface area (Å²) in [7, 11) is 0. The number of para-hydroxylation sites is 1. The normalized spacial score (nSPS) is 18.6. The second-order valence-corrected chi connectivity index (χ2v) is 10.9. The average Bonchev–Trinajstić information content (AvgIpc) is 3.58. The van der Waals surface area contributed by atoms with Crippen molar-refractivity contribution in [3.63, 3.8) is 0 Å². The zero-order valence-electron chi connectivity index (χ0n) is 23.2. The summed E-state index contributed by atoms with van der Waals surface area (Å²) < 4.78 is 3.51. The number of H-pyrrole nitrogens is 1. The standard InChI is InChI=1S/C31H34N8O3/c32-18-35-29(33)28-23(16-24(36-28)19-9-12-22(40)13-10-19)20-11-14-26(34-17-20)37-30(41)27-25-8-4-5-15-38(25)39(31(27)42)21-6-2-1-3-7-21/h1-3,6-7,11,14,16-19,22,36,40H,4-5,8-10,12-13,15H2,(H3,32,33,35)(H,34,37,41). The van der Waals surface area contributed by atoms with Gasteiger partial charge in [-0.25, -0.2) is 14.7 Å². The number of anilines is 1. The third kappa shape index (κ3) is 5.18. The summed E-state index contributed by atoms with van der Waals surface area (Å²) in [6.07, 6.45) is 8.16. The number of aromatic nitrogens is 4. The lowest BCUT2D eigenvalue weighted by atomic mass is 9.85. The molecular weight excluding hydrogens is 532 g/mol. The van der Waals surface area contributed by atoms with Crippen LogP contribution in [0.25, 0.3) is 16.8 Å². The van der Waals surface area contributed by atoms with Crippen LogP contribution in [-0.2, 0) is 13.0 Å². The predicted octanol–water partition coefficient (Wildman–Crippen LogP) is 3.95. The van der Waals surface area contributed by atoms with Crippen molar-refractivity contribution in [1.82, 2.24) is 19.3 Å². The van der Waals surface area contributed by atoms with Gasteiger partial charge in [-0.2, -0.15) is 0 Å². The molecule has 6 rings (SSSR count). The van der Waals surface area contributed by atoms with Crippen LogP contribution in [0.1, 0.15) is 71.9 Å². The van der Waals surface area contributed by atoms with Gasteiger partial charge in [-0.05, 0) is 81.2 Å². The first-order chi connectivity index (χ1) is 20.4. The number of hydrogen-bond donors (Lipinski definition) is 5. The maximum Gasteiger partial charge on any atom is 0.284 e. The van der Waals surface area contributed by atoms with E-state index in [0.29, 0.717) is 24.5 Å². The van der Waals surface area contributed by atoms with Gasteiger partial charge in [-0.3, -0.25) is 19.7 Å². The Morgan fingerprint density at radius 1 is 1.14 bits per heavy atom. The molecule has 6 N–H and O–H groups in total. The minimum Gasteiger partial charge on any atom is -0.393 e. The first-order valence-electron chi connectivity index (χ1n) is 14.4. The number of carbonyl (C=O) groups is 1. The molecule has 1 amide bonds. The molecule has 0 saturated heterocycles. The van der Waals surface area contributed by atoms with Gasteiger partial charge in [-0.15, -0.1) is 0 Å². The van der Waals surface area contributed by atoms with Crippen LogP contribution in [0.5, 0.6) is 0 Å². The fourth-order valence-corrected chi connectivity index (χ4v) is 6.13. The number of rotatable bonds is 6. The third-order valence-electron chi connectivity index (χ3n) is 8.24. The van der Waals surface area contributed by atoms with E-state index in [1.165, 1.54) is 0 Å². The van der Waals surface area contributed by atoms with E-state index in [2.05, 4.69) is 20.3 Å².